The lowest BCUT2D eigenvalue weighted by Gasteiger charge is -2.23. The van der Waals surface area contributed by atoms with Gasteiger partial charge in [0.1, 0.15) is 5.60 Å². The summed E-state index contributed by atoms with van der Waals surface area (Å²) >= 11 is 4.26. The summed E-state index contributed by atoms with van der Waals surface area (Å²) in [5, 5.41) is 2.83. The topological polar surface area (TPSA) is 38.3 Å². The number of thiol groups is 1. The highest BCUT2D eigenvalue weighted by Gasteiger charge is 2.18. The van der Waals surface area contributed by atoms with E-state index in [4.69, 9.17) is 4.74 Å². The Hall–Kier alpha value is -1.16. The summed E-state index contributed by atoms with van der Waals surface area (Å²) in [6.07, 6.45) is 0.362. The minimum absolute atomic E-state index is 0.0226. The number of hydrogen-bond donors (Lipinski definition) is 2. The standard InChI is InChI=1S/C14H21NO2S/c1-14(2,3)17-13(16)15-12(10-18)9-11-7-5-4-6-8-11/h4-8,12,18H,9-10H2,1-3H3,(H,15,16)/t12-/m0/s1. The molecule has 0 saturated heterocycles. The second-order valence-corrected chi connectivity index (χ2v) is 5.58. The first-order chi connectivity index (χ1) is 8.40. The van der Waals surface area contributed by atoms with Crippen molar-refractivity contribution in [1.29, 1.82) is 0 Å². The van der Waals surface area contributed by atoms with Crippen LogP contribution in [0.15, 0.2) is 30.3 Å². The Bertz CT molecular complexity index is 373. The lowest BCUT2D eigenvalue weighted by atomic mass is 10.1. The van der Waals surface area contributed by atoms with Crippen molar-refractivity contribution in [2.45, 2.75) is 38.8 Å². The monoisotopic (exact) mass is 267 g/mol. The highest BCUT2D eigenvalue weighted by Crippen LogP contribution is 2.08. The van der Waals surface area contributed by atoms with Gasteiger partial charge in [0.05, 0.1) is 0 Å². The molecule has 1 atom stereocenters. The van der Waals surface area contributed by atoms with Gasteiger partial charge in [-0.1, -0.05) is 30.3 Å². The van der Waals surface area contributed by atoms with Gasteiger partial charge < -0.3 is 10.1 Å². The normalized spacial score (nSPS) is 12.9. The van der Waals surface area contributed by atoms with Crippen LogP contribution in [-0.4, -0.2) is 23.5 Å². The van der Waals surface area contributed by atoms with E-state index in [9.17, 15) is 4.79 Å². The molecule has 3 nitrogen and oxygen atoms in total. The fourth-order valence-electron chi connectivity index (χ4n) is 1.53. The van der Waals surface area contributed by atoms with E-state index in [1.165, 1.54) is 5.56 Å². The number of amides is 1. The lowest BCUT2D eigenvalue weighted by Crippen LogP contribution is -2.41. The molecule has 0 saturated carbocycles. The van der Waals surface area contributed by atoms with E-state index in [-0.39, 0.29) is 6.04 Å². The van der Waals surface area contributed by atoms with Gasteiger partial charge in [-0.2, -0.15) is 12.6 Å². The van der Waals surface area contributed by atoms with Crippen LogP contribution < -0.4 is 5.32 Å². The number of rotatable bonds is 4. The van der Waals surface area contributed by atoms with Gasteiger partial charge in [0.25, 0.3) is 0 Å². The van der Waals surface area contributed by atoms with Gasteiger partial charge in [0.15, 0.2) is 0 Å². The Morgan fingerprint density at radius 1 is 1.33 bits per heavy atom. The lowest BCUT2D eigenvalue weighted by molar-refractivity contribution is 0.0509. The second-order valence-electron chi connectivity index (χ2n) is 5.22. The van der Waals surface area contributed by atoms with E-state index >= 15 is 0 Å². The molecule has 0 aliphatic rings. The van der Waals surface area contributed by atoms with Crippen molar-refractivity contribution in [3.8, 4) is 0 Å². The van der Waals surface area contributed by atoms with Gasteiger partial charge in [-0.3, -0.25) is 0 Å². The van der Waals surface area contributed by atoms with Gasteiger partial charge in [-0.25, -0.2) is 4.79 Å². The Morgan fingerprint density at radius 2 is 1.94 bits per heavy atom. The van der Waals surface area contributed by atoms with Gasteiger partial charge in [-0.15, -0.1) is 0 Å². The zero-order valence-corrected chi connectivity index (χ0v) is 12.0. The molecule has 0 bridgehead atoms. The highest BCUT2D eigenvalue weighted by atomic mass is 32.1. The van der Waals surface area contributed by atoms with Crippen LogP contribution in [0.25, 0.3) is 0 Å². The van der Waals surface area contributed by atoms with Crippen LogP contribution in [0.3, 0.4) is 0 Å². The van der Waals surface area contributed by atoms with Gasteiger partial charge in [0, 0.05) is 11.8 Å². The van der Waals surface area contributed by atoms with Crippen LogP contribution in [0.5, 0.6) is 0 Å². The molecule has 1 aromatic carbocycles. The molecule has 0 spiro atoms. The van der Waals surface area contributed by atoms with E-state index < -0.39 is 11.7 Å². The summed E-state index contributed by atoms with van der Waals surface area (Å²) in [6, 6.07) is 9.99. The van der Waals surface area contributed by atoms with Crippen molar-refractivity contribution in [2.24, 2.45) is 0 Å². The van der Waals surface area contributed by atoms with Gasteiger partial charge >= 0.3 is 6.09 Å². The molecule has 0 aliphatic heterocycles. The Kier molecular flexibility index (Phi) is 5.54. The van der Waals surface area contributed by atoms with Crippen LogP contribution in [0.4, 0.5) is 4.79 Å². The zero-order valence-electron chi connectivity index (χ0n) is 11.1. The maximum absolute atomic E-state index is 11.7. The van der Waals surface area contributed by atoms with E-state index in [0.717, 1.165) is 6.42 Å². The van der Waals surface area contributed by atoms with Crippen molar-refractivity contribution in [3.63, 3.8) is 0 Å². The minimum Gasteiger partial charge on any atom is -0.444 e. The van der Waals surface area contributed by atoms with Crippen LogP contribution >= 0.6 is 12.6 Å². The maximum atomic E-state index is 11.7. The maximum Gasteiger partial charge on any atom is 0.407 e. The number of alkyl carbamates (subject to hydrolysis) is 1. The Balaban J connectivity index is 2.50. The third kappa shape index (κ3) is 5.96. The molecular formula is C14H21NO2S. The van der Waals surface area contributed by atoms with Crippen molar-refractivity contribution >= 4 is 18.7 Å². The average Bonchev–Trinajstić information content (AvgIpc) is 2.27. The van der Waals surface area contributed by atoms with Crippen molar-refractivity contribution < 1.29 is 9.53 Å². The van der Waals surface area contributed by atoms with E-state index in [2.05, 4.69) is 17.9 Å². The molecule has 1 aromatic rings. The van der Waals surface area contributed by atoms with Crippen LogP contribution in [0.2, 0.25) is 0 Å². The van der Waals surface area contributed by atoms with Gasteiger partial charge in [-0.05, 0) is 32.8 Å². The summed E-state index contributed by atoms with van der Waals surface area (Å²) in [7, 11) is 0. The highest BCUT2D eigenvalue weighted by molar-refractivity contribution is 7.80. The fourth-order valence-corrected chi connectivity index (χ4v) is 1.75. The molecule has 0 aliphatic carbocycles. The molecule has 18 heavy (non-hydrogen) atoms. The predicted molar refractivity (Wildman–Crippen MR) is 77.2 cm³/mol. The van der Waals surface area contributed by atoms with Crippen LogP contribution in [0, 0.1) is 0 Å². The molecular weight excluding hydrogens is 246 g/mol. The first-order valence-electron chi connectivity index (χ1n) is 6.05. The molecule has 1 rings (SSSR count). The Labute approximate surface area is 114 Å². The molecule has 0 heterocycles. The number of ether oxygens (including phenoxy) is 1. The smallest absolute Gasteiger partial charge is 0.407 e. The molecule has 4 heteroatoms. The first-order valence-corrected chi connectivity index (χ1v) is 6.68. The fraction of sp³-hybridized carbons (Fsp3) is 0.500. The van der Waals surface area contributed by atoms with E-state index in [1.54, 1.807) is 0 Å². The number of carbonyl (C=O) groups is 1. The zero-order chi connectivity index (χ0) is 13.6. The van der Waals surface area contributed by atoms with Crippen molar-refractivity contribution in [1.82, 2.24) is 5.32 Å². The number of benzene rings is 1. The Morgan fingerprint density at radius 3 is 2.44 bits per heavy atom. The van der Waals surface area contributed by atoms with Gasteiger partial charge in [0.2, 0.25) is 0 Å². The number of carbonyl (C=O) groups excluding carboxylic acids is 1. The largest absolute Gasteiger partial charge is 0.444 e. The SMILES string of the molecule is CC(C)(C)OC(=O)N[C@H](CS)Cc1ccccc1. The van der Waals surface area contributed by atoms with Crippen molar-refractivity contribution in [3.05, 3.63) is 35.9 Å². The second kappa shape index (κ2) is 6.69. The van der Waals surface area contributed by atoms with E-state index in [0.29, 0.717) is 5.75 Å². The minimum atomic E-state index is -0.474. The molecule has 1 amide bonds. The summed E-state index contributed by atoms with van der Waals surface area (Å²) in [5.41, 5.74) is 0.699. The third-order valence-electron chi connectivity index (χ3n) is 2.27. The number of nitrogens with one attached hydrogen (secondary N) is 1. The van der Waals surface area contributed by atoms with Crippen molar-refractivity contribution in [2.75, 3.05) is 5.75 Å². The van der Waals surface area contributed by atoms with Crippen LogP contribution in [0.1, 0.15) is 26.3 Å². The summed E-state index contributed by atoms with van der Waals surface area (Å²) in [5.74, 6) is 0.578. The quantitative estimate of drug-likeness (QED) is 0.823. The summed E-state index contributed by atoms with van der Waals surface area (Å²) in [6.45, 7) is 5.54. The molecule has 0 unspecified atom stereocenters. The molecule has 100 valence electrons. The van der Waals surface area contributed by atoms with Crippen LogP contribution in [-0.2, 0) is 11.2 Å². The summed E-state index contributed by atoms with van der Waals surface area (Å²) < 4.78 is 5.22. The molecule has 0 fully saturated rings. The number of hydrogen-bond acceptors (Lipinski definition) is 3. The molecule has 0 radical (unpaired) electrons. The van der Waals surface area contributed by atoms with E-state index in [1.807, 2.05) is 51.1 Å². The first kappa shape index (κ1) is 14.9. The average molecular weight is 267 g/mol. The molecule has 1 N–H and O–H groups in total. The predicted octanol–water partition coefficient (Wildman–Crippen LogP) is 3.05. The third-order valence-corrected chi connectivity index (χ3v) is 2.71. The summed E-state index contributed by atoms with van der Waals surface area (Å²) in [4.78, 5) is 11.7. The molecule has 0 aromatic heterocycles.